The smallest absolute Gasteiger partial charge is 0.220 e. The summed E-state index contributed by atoms with van der Waals surface area (Å²) < 4.78 is 0. The predicted octanol–water partition coefficient (Wildman–Crippen LogP) is 2.05. The first-order valence-electron chi connectivity index (χ1n) is 6.47. The average molecular weight is 270 g/mol. The van der Waals surface area contributed by atoms with Crippen LogP contribution in [0.3, 0.4) is 0 Å². The summed E-state index contributed by atoms with van der Waals surface area (Å²) in [6, 6.07) is 0. The molecular formula is C13H22N2O2S. The molecule has 1 heterocycles. The summed E-state index contributed by atoms with van der Waals surface area (Å²) in [5.41, 5.74) is 1.07. The van der Waals surface area contributed by atoms with Gasteiger partial charge in [-0.2, -0.15) is 0 Å². The highest BCUT2D eigenvalue weighted by Gasteiger charge is 2.06. The highest BCUT2D eigenvalue weighted by Crippen LogP contribution is 2.10. The first kappa shape index (κ1) is 15.1. The number of aryl methyl sites for hydroxylation is 2. The van der Waals surface area contributed by atoms with E-state index >= 15 is 0 Å². The van der Waals surface area contributed by atoms with Gasteiger partial charge in [-0.05, 0) is 26.2 Å². The van der Waals surface area contributed by atoms with Crippen molar-refractivity contribution in [2.45, 2.75) is 52.1 Å². The van der Waals surface area contributed by atoms with Crippen LogP contribution >= 0.6 is 11.3 Å². The summed E-state index contributed by atoms with van der Waals surface area (Å²) in [5, 5.41) is 15.3. The van der Waals surface area contributed by atoms with E-state index in [-0.39, 0.29) is 5.91 Å². The zero-order valence-electron chi connectivity index (χ0n) is 11.1. The zero-order valence-corrected chi connectivity index (χ0v) is 11.9. The third-order valence-electron chi connectivity index (χ3n) is 2.66. The number of carbonyl (C=O) groups is 1. The second-order valence-electron chi connectivity index (χ2n) is 4.46. The number of rotatable bonds is 8. The minimum absolute atomic E-state index is 0.0112. The summed E-state index contributed by atoms with van der Waals surface area (Å²) in [7, 11) is 0. The van der Waals surface area contributed by atoms with Gasteiger partial charge in [0.15, 0.2) is 0 Å². The third kappa shape index (κ3) is 6.12. The van der Waals surface area contributed by atoms with Gasteiger partial charge in [-0.15, -0.1) is 11.3 Å². The average Bonchev–Trinajstić information content (AvgIpc) is 2.73. The van der Waals surface area contributed by atoms with Gasteiger partial charge in [0, 0.05) is 18.3 Å². The number of nitrogens with zero attached hydrogens (tertiary/aromatic N) is 1. The van der Waals surface area contributed by atoms with Crippen LogP contribution in [-0.4, -0.2) is 28.6 Å². The molecule has 1 unspecified atom stereocenters. The molecule has 1 aromatic rings. The zero-order chi connectivity index (χ0) is 13.4. The maximum absolute atomic E-state index is 11.5. The molecule has 1 rings (SSSR count). The van der Waals surface area contributed by atoms with Crippen molar-refractivity contribution in [3.05, 3.63) is 16.1 Å². The minimum Gasteiger partial charge on any atom is -0.391 e. The van der Waals surface area contributed by atoms with Crippen LogP contribution in [-0.2, 0) is 11.2 Å². The topological polar surface area (TPSA) is 62.2 Å². The summed E-state index contributed by atoms with van der Waals surface area (Å²) in [4.78, 5) is 15.9. The third-order valence-corrected chi connectivity index (χ3v) is 3.48. The first-order valence-corrected chi connectivity index (χ1v) is 7.35. The number of aliphatic hydroxyl groups excluding tert-OH is 1. The number of aromatic nitrogens is 1. The molecule has 18 heavy (non-hydrogen) atoms. The van der Waals surface area contributed by atoms with Gasteiger partial charge in [0.1, 0.15) is 0 Å². The van der Waals surface area contributed by atoms with E-state index in [2.05, 4.69) is 10.3 Å². The Labute approximate surface area is 112 Å². The van der Waals surface area contributed by atoms with E-state index in [4.69, 9.17) is 0 Å². The van der Waals surface area contributed by atoms with Crippen molar-refractivity contribution in [1.82, 2.24) is 10.3 Å². The Hall–Kier alpha value is -0.940. The Bertz CT molecular complexity index is 366. The number of thiazole rings is 1. The molecule has 0 aliphatic carbocycles. The van der Waals surface area contributed by atoms with E-state index in [0.717, 1.165) is 36.4 Å². The lowest BCUT2D eigenvalue weighted by atomic mass is 10.2. The molecule has 5 heteroatoms. The molecule has 0 saturated carbocycles. The van der Waals surface area contributed by atoms with E-state index in [0.29, 0.717) is 13.0 Å². The lowest BCUT2D eigenvalue weighted by Gasteiger charge is -2.10. The van der Waals surface area contributed by atoms with Crippen molar-refractivity contribution in [3.63, 3.8) is 0 Å². The number of amides is 1. The molecule has 0 spiro atoms. The number of hydrogen-bond donors (Lipinski definition) is 2. The lowest BCUT2D eigenvalue weighted by molar-refractivity contribution is -0.121. The maximum Gasteiger partial charge on any atom is 0.220 e. The number of nitrogens with one attached hydrogen (secondary N) is 1. The summed E-state index contributed by atoms with van der Waals surface area (Å²) >= 11 is 1.64. The van der Waals surface area contributed by atoms with Crippen molar-refractivity contribution in [2.75, 3.05) is 6.54 Å². The fourth-order valence-corrected chi connectivity index (χ4v) is 2.36. The van der Waals surface area contributed by atoms with Crippen LogP contribution in [0.5, 0.6) is 0 Å². The second kappa shape index (κ2) is 8.21. The molecule has 0 bridgehead atoms. The van der Waals surface area contributed by atoms with Crippen molar-refractivity contribution >= 4 is 17.2 Å². The Morgan fingerprint density at radius 1 is 1.61 bits per heavy atom. The van der Waals surface area contributed by atoms with Crippen LogP contribution in [0.15, 0.2) is 5.38 Å². The summed E-state index contributed by atoms with van der Waals surface area (Å²) in [5.74, 6) is 0.0112. The molecule has 102 valence electrons. The highest BCUT2D eigenvalue weighted by atomic mass is 32.1. The van der Waals surface area contributed by atoms with E-state index in [1.165, 1.54) is 0 Å². The number of hydrogen-bond acceptors (Lipinski definition) is 4. The van der Waals surface area contributed by atoms with Crippen molar-refractivity contribution in [1.29, 1.82) is 0 Å². The Morgan fingerprint density at radius 2 is 2.39 bits per heavy atom. The van der Waals surface area contributed by atoms with Crippen molar-refractivity contribution < 1.29 is 9.90 Å². The first-order chi connectivity index (χ1) is 8.61. The molecule has 1 atom stereocenters. The Kier molecular flexibility index (Phi) is 6.90. The molecule has 0 radical (unpaired) electrons. The molecule has 0 saturated heterocycles. The molecule has 4 nitrogen and oxygen atoms in total. The van der Waals surface area contributed by atoms with Crippen LogP contribution in [0.4, 0.5) is 0 Å². The Balaban J connectivity index is 2.10. The predicted molar refractivity (Wildman–Crippen MR) is 73.7 cm³/mol. The van der Waals surface area contributed by atoms with E-state index in [9.17, 15) is 9.90 Å². The standard InChI is InChI=1S/C13H22N2O2S/c1-3-5-12(16)8-14-13(17)7-4-6-11-9-18-10(2)15-11/h9,12,16H,3-8H2,1-2H3,(H,14,17). The molecule has 0 aliphatic heterocycles. The van der Waals surface area contributed by atoms with E-state index in [1.54, 1.807) is 11.3 Å². The second-order valence-corrected chi connectivity index (χ2v) is 5.52. The molecule has 1 amide bonds. The van der Waals surface area contributed by atoms with Crippen LogP contribution < -0.4 is 5.32 Å². The van der Waals surface area contributed by atoms with E-state index in [1.807, 2.05) is 19.2 Å². The number of aliphatic hydroxyl groups is 1. The van der Waals surface area contributed by atoms with Gasteiger partial charge in [-0.1, -0.05) is 13.3 Å². The minimum atomic E-state index is -0.417. The largest absolute Gasteiger partial charge is 0.391 e. The van der Waals surface area contributed by atoms with Crippen LogP contribution in [0.1, 0.15) is 43.3 Å². The highest BCUT2D eigenvalue weighted by molar-refractivity contribution is 7.09. The van der Waals surface area contributed by atoms with Gasteiger partial charge < -0.3 is 10.4 Å². The van der Waals surface area contributed by atoms with Crippen molar-refractivity contribution in [2.24, 2.45) is 0 Å². The van der Waals surface area contributed by atoms with Gasteiger partial charge >= 0.3 is 0 Å². The molecule has 2 N–H and O–H groups in total. The fraction of sp³-hybridized carbons (Fsp3) is 0.692. The van der Waals surface area contributed by atoms with Gasteiger partial charge in [0.05, 0.1) is 16.8 Å². The van der Waals surface area contributed by atoms with E-state index < -0.39 is 6.10 Å². The monoisotopic (exact) mass is 270 g/mol. The fourth-order valence-electron chi connectivity index (χ4n) is 1.71. The quantitative estimate of drug-likeness (QED) is 0.760. The number of carbonyl (C=O) groups excluding carboxylic acids is 1. The van der Waals surface area contributed by atoms with Crippen LogP contribution in [0.25, 0.3) is 0 Å². The van der Waals surface area contributed by atoms with Gasteiger partial charge in [-0.3, -0.25) is 4.79 Å². The lowest BCUT2D eigenvalue weighted by Crippen LogP contribution is -2.31. The SMILES string of the molecule is CCCC(O)CNC(=O)CCCc1csc(C)n1. The normalized spacial score (nSPS) is 12.4. The molecular weight excluding hydrogens is 248 g/mol. The van der Waals surface area contributed by atoms with Crippen molar-refractivity contribution in [3.8, 4) is 0 Å². The summed E-state index contributed by atoms with van der Waals surface area (Å²) in [6.07, 6.45) is 3.39. The van der Waals surface area contributed by atoms with Gasteiger partial charge in [0.2, 0.25) is 5.91 Å². The van der Waals surface area contributed by atoms with Gasteiger partial charge in [0.25, 0.3) is 0 Å². The molecule has 0 fully saturated rings. The van der Waals surface area contributed by atoms with Crippen LogP contribution in [0, 0.1) is 6.92 Å². The van der Waals surface area contributed by atoms with Gasteiger partial charge in [-0.25, -0.2) is 4.98 Å². The molecule has 0 aromatic carbocycles. The summed E-state index contributed by atoms with van der Waals surface area (Å²) in [6.45, 7) is 4.36. The molecule has 0 aliphatic rings. The Morgan fingerprint density at radius 3 is 3.00 bits per heavy atom. The molecule has 1 aromatic heterocycles. The van der Waals surface area contributed by atoms with Crippen LogP contribution in [0.2, 0.25) is 0 Å². The maximum atomic E-state index is 11.5.